The molecule has 0 aliphatic rings. The predicted molar refractivity (Wildman–Crippen MR) is 111 cm³/mol. The molecule has 0 aromatic heterocycles. The Morgan fingerprint density at radius 3 is 2.07 bits per heavy atom. The van der Waals surface area contributed by atoms with Crippen molar-refractivity contribution in [2.24, 2.45) is 0 Å². The minimum Gasteiger partial charge on any atom is -0.497 e. The van der Waals surface area contributed by atoms with Gasteiger partial charge < -0.3 is 19.5 Å². The summed E-state index contributed by atoms with van der Waals surface area (Å²) in [5, 5.41) is 2.87. The zero-order chi connectivity index (χ0) is 20.6. The van der Waals surface area contributed by atoms with Gasteiger partial charge >= 0.3 is 0 Å². The third-order valence-corrected chi connectivity index (χ3v) is 4.39. The van der Waals surface area contributed by atoms with Crippen LogP contribution in [0.2, 0.25) is 0 Å². The van der Waals surface area contributed by atoms with E-state index in [0.717, 1.165) is 11.5 Å². The largest absolute Gasteiger partial charge is 0.497 e. The van der Waals surface area contributed by atoms with Crippen LogP contribution >= 0.6 is 0 Å². The number of amides is 1. The van der Waals surface area contributed by atoms with E-state index < -0.39 is 6.10 Å². The Kier molecular flexibility index (Phi) is 7.73. The molecule has 2 aromatic rings. The molecule has 0 radical (unpaired) electrons. The van der Waals surface area contributed by atoms with Gasteiger partial charge in [0.25, 0.3) is 5.91 Å². The molecule has 0 aliphatic heterocycles. The number of hydrogen-bond donors (Lipinski definition) is 1. The summed E-state index contributed by atoms with van der Waals surface area (Å²) in [7, 11) is 1.61. The fraction of sp³-hybridized carbons (Fsp3) is 0.435. The number of methoxy groups -OCH3 is 1. The Morgan fingerprint density at radius 2 is 1.54 bits per heavy atom. The van der Waals surface area contributed by atoms with Crippen molar-refractivity contribution in [3.05, 3.63) is 54.1 Å². The zero-order valence-corrected chi connectivity index (χ0v) is 17.5. The van der Waals surface area contributed by atoms with Gasteiger partial charge in [-0.3, -0.25) is 4.79 Å². The molecule has 0 bridgehead atoms. The van der Waals surface area contributed by atoms with Crippen LogP contribution in [0.4, 0.5) is 0 Å². The number of hydrogen-bond acceptors (Lipinski definition) is 4. The molecular weight excluding hydrogens is 354 g/mol. The van der Waals surface area contributed by atoms with Crippen LogP contribution in [0.1, 0.15) is 39.7 Å². The van der Waals surface area contributed by atoms with E-state index in [2.05, 4.69) is 38.2 Å². The van der Waals surface area contributed by atoms with E-state index in [1.807, 2.05) is 19.1 Å². The van der Waals surface area contributed by atoms with E-state index in [4.69, 9.17) is 14.2 Å². The third kappa shape index (κ3) is 6.48. The molecule has 0 unspecified atom stereocenters. The van der Waals surface area contributed by atoms with Gasteiger partial charge in [-0.15, -0.1) is 0 Å². The first-order valence-electron chi connectivity index (χ1n) is 9.65. The summed E-state index contributed by atoms with van der Waals surface area (Å²) < 4.78 is 16.6. The maximum Gasteiger partial charge on any atom is 0.261 e. The molecule has 0 saturated carbocycles. The van der Waals surface area contributed by atoms with E-state index in [9.17, 15) is 4.79 Å². The van der Waals surface area contributed by atoms with Crippen molar-refractivity contribution < 1.29 is 19.0 Å². The lowest BCUT2D eigenvalue weighted by Gasteiger charge is -2.19. The monoisotopic (exact) mass is 385 g/mol. The molecular formula is C23H31NO4. The fourth-order valence-corrected chi connectivity index (χ4v) is 2.65. The normalized spacial score (nSPS) is 12.2. The van der Waals surface area contributed by atoms with Crippen LogP contribution in [-0.4, -0.2) is 32.3 Å². The molecule has 0 aliphatic carbocycles. The van der Waals surface area contributed by atoms with E-state index in [1.165, 1.54) is 5.56 Å². The van der Waals surface area contributed by atoms with Gasteiger partial charge in [-0.25, -0.2) is 0 Å². The second kappa shape index (κ2) is 10.0. The lowest BCUT2D eigenvalue weighted by atomic mass is 9.87. The van der Waals surface area contributed by atoms with Crippen molar-refractivity contribution in [1.82, 2.24) is 5.32 Å². The number of benzene rings is 2. The fourth-order valence-electron chi connectivity index (χ4n) is 2.65. The van der Waals surface area contributed by atoms with Crippen molar-refractivity contribution in [2.45, 2.75) is 45.6 Å². The minimum absolute atomic E-state index is 0.117. The Hall–Kier alpha value is -2.69. The first kappa shape index (κ1) is 21.6. The van der Waals surface area contributed by atoms with E-state index in [-0.39, 0.29) is 11.3 Å². The number of carbonyl (C=O) groups is 1. The molecule has 1 amide bonds. The molecule has 5 heteroatoms. The van der Waals surface area contributed by atoms with Crippen LogP contribution in [0.15, 0.2) is 48.5 Å². The zero-order valence-electron chi connectivity index (χ0n) is 17.5. The highest BCUT2D eigenvalue weighted by Crippen LogP contribution is 2.24. The van der Waals surface area contributed by atoms with Gasteiger partial charge in [0.15, 0.2) is 6.10 Å². The number of nitrogens with one attached hydrogen (secondary N) is 1. The van der Waals surface area contributed by atoms with E-state index >= 15 is 0 Å². The topological polar surface area (TPSA) is 56.8 Å². The van der Waals surface area contributed by atoms with Crippen molar-refractivity contribution >= 4 is 5.91 Å². The van der Waals surface area contributed by atoms with Crippen LogP contribution in [-0.2, 0) is 10.2 Å². The lowest BCUT2D eigenvalue weighted by molar-refractivity contribution is -0.128. The number of carbonyl (C=O) groups excluding carboxylic acids is 1. The Bertz CT molecular complexity index is 733. The summed E-state index contributed by atoms with van der Waals surface area (Å²) in [6.45, 7) is 9.27. The summed E-state index contributed by atoms with van der Waals surface area (Å²) in [6, 6.07) is 15.3. The molecule has 0 saturated heterocycles. The van der Waals surface area contributed by atoms with Crippen LogP contribution in [0.5, 0.6) is 17.2 Å². The van der Waals surface area contributed by atoms with E-state index in [1.54, 1.807) is 31.4 Å². The van der Waals surface area contributed by atoms with Crippen LogP contribution < -0.4 is 19.5 Å². The maximum atomic E-state index is 12.4. The van der Waals surface area contributed by atoms with Crippen molar-refractivity contribution in [3.8, 4) is 17.2 Å². The Labute approximate surface area is 168 Å². The molecule has 5 nitrogen and oxygen atoms in total. The van der Waals surface area contributed by atoms with Gasteiger partial charge in [0.05, 0.1) is 13.7 Å². The van der Waals surface area contributed by atoms with Gasteiger partial charge in [0, 0.05) is 0 Å². The summed E-state index contributed by atoms with van der Waals surface area (Å²) in [5.41, 5.74) is 1.38. The standard InChI is InChI=1S/C23H31NO4/c1-6-21(28-20-13-11-18(26-5)12-14-20)22(25)24-15-16-27-19-9-7-17(8-10-19)23(2,3)4/h7-14,21H,6,15-16H2,1-5H3,(H,24,25)/t21-/m0/s1. The second-order valence-corrected chi connectivity index (χ2v) is 7.60. The summed E-state index contributed by atoms with van der Waals surface area (Å²) >= 11 is 0. The number of rotatable bonds is 9. The van der Waals surface area contributed by atoms with Gasteiger partial charge in [-0.05, 0) is 53.8 Å². The highest BCUT2D eigenvalue weighted by atomic mass is 16.5. The Morgan fingerprint density at radius 1 is 0.964 bits per heavy atom. The summed E-state index contributed by atoms with van der Waals surface area (Å²) in [6.07, 6.45) is 0.0342. The van der Waals surface area contributed by atoms with Crippen molar-refractivity contribution in [2.75, 3.05) is 20.3 Å². The summed E-state index contributed by atoms with van der Waals surface area (Å²) in [4.78, 5) is 12.4. The van der Waals surface area contributed by atoms with Crippen LogP contribution in [0.3, 0.4) is 0 Å². The quantitative estimate of drug-likeness (QED) is 0.652. The molecule has 1 atom stereocenters. The summed E-state index contributed by atoms with van der Waals surface area (Å²) in [5.74, 6) is 2.03. The third-order valence-electron chi connectivity index (χ3n) is 4.39. The van der Waals surface area contributed by atoms with Crippen molar-refractivity contribution in [1.29, 1.82) is 0 Å². The highest BCUT2D eigenvalue weighted by molar-refractivity contribution is 5.81. The molecule has 0 spiro atoms. The van der Waals surface area contributed by atoms with Crippen molar-refractivity contribution in [3.63, 3.8) is 0 Å². The SMILES string of the molecule is CC[C@H](Oc1ccc(OC)cc1)C(=O)NCCOc1ccc(C(C)(C)C)cc1. The van der Waals surface area contributed by atoms with Crippen LogP contribution in [0, 0.1) is 0 Å². The minimum atomic E-state index is -0.542. The number of ether oxygens (including phenoxy) is 3. The van der Waals surface area contributed by atoms with Gasteiger partial charge in [-0.1, -0.05) is 39.8 Å². The lowest BCUT2D eigenvalue weighted by Crippen LogP contribution is -2.39. The average Bonchev–Trinajstić information content (AvgIpc) is 2.69. The molecule has 2 rings (SSSR count). The first-order valence-corrected chi connectivity index (χ1v) is 9.65. The molecule has 0 heterocycles. The smallest absolute Gasteiger partial charge is 0.261 e. The first-order chi connectivity index (χ1) is 13.3. The predicted octanol–water partition coefficient (Wildman–Crippen LogP) is 4.35. The Balaban J connectivity index is 1.76. The molecule has 2 aromatic carbocycles. The molecule has 1 N–H and O–H groups in total. The van der Waals surface area contributed by atoms with Gasteiger partial charge in [0.1, 0.15) is 23.9 Å². The molecule has 152 valence electrons. The maximum absolute atomic E-state index is 12.4. The van der Waals surface area contributed by atoms with E-state index in [0.29, 0.717) is 25.3 Å². The van der Waals surface area contributed by atoms with Gasteiger partial charge in [-0.2, -0.15) is 0 Å². The average molecular weight is 386 g/mol. The highest BCUT2D eigenvalue weighted by Gasteiger charge is 2.18. The molecule has 0 fully saturated rings. The second-order valence-electron chi connectivity index (χ2n) is 7.60. The molecule has 28 heavy (non-hydrogen) atoms. The van der Waals surface area contributed by atoms with Gasteiger partial charge in [0.2, 0.25) is 0 Å². The van der Waals surface area contributed by atoms with Crippen LogP contribution in [0.25, 0.3) is 0 Å².